The summed E-state index contributed by atoms with van der Waals surface area (Å²) in [4.78, 5) is 14.0. The first-order valence-corrected chi connectivity index (χ1v) is 6.85. The zero-order valence-electron chi connectivity index (χ0n) is 11.7. The van der Waals surface area contributed by atoms with E-state index in [9.17, 15) is 9.18 Å². The molecule has 1 fully saturated rings. The van der Waals surface area contributed by atoms with E-state index in [4.69, 9.17) is 0 Å². The molecule has 1 aromatic carbocycles. The van der Waals surface area contributed by atoms with Crippen LogP contribution in [0.15, 0.2) is 24.3 Å². The van der Waals surface area contributed by atoms with Crippen LogP contribution in [-0.2, 0) is 4.79 Å². The summed E-state index contributed by atoms with van der Waals surface area (Å²) in [5.74, 6) is 0.261. The molecule has 1 aliphatic rings. The van der Waals surface area contributed by atoms with Crippen LogP contribution in [0.25, 0.3) is 0 Å². The first-order valence-electron chi connectivity index (χ1n) is 6.85. The second-order valence-corrected chi connectivity index (χ2v) is 5.35. The number of amides is 1. The summed E-state index contributed by atoms with van der Waals surface area (Å²) in [6, 6.07) is 6.24. The van der Waals surface area contributed by atoms with Gasteiger partial charge >= 0.3 is 0 Å². The summed E-state index contributed by atoms with van der Waals surface area (Å²) < 4.78 is 13.3. The van der Waals surface area contributed by atoms with Gasteiger partial charge < -0.3 is 4.90 Å². The van der Waals surface area contributed by atoms with E-state index in [1.165, 1.54) is 12.1 Å². The van der Waals surface area contributed by atoms with Crippen LogP contribution in [0.5, 0.6) is 0 Å². The Morgan fingerprint density at radius 2 is 2.21 bits per heavy atom. The van der Waals surface area contributed by atoms with Crippen LogP contribution in [0.2, 0.25) is 0 Å². The average Bonchev–Trinajstić information content (AvgIpc) is 2.67. The molecular weight excluding hydrogens is 243 g/mol. The minimum atomic E-state index is -0.269. The summed E-state index contributed by atoms with van der Waals surface area (Å²) in [7, 11) is 0. The molecule has 1 amide bonds. The lowest BCUT2D eigenvalue weighted by Gasteiger charge is -2.27. The third-order valence-electron chi connectivity index (χ3n) is 3.74. The second kappa shape index (κ2) is 5.70. The van der Waals surface area contributed by atoms with Crippen molar-refractivity contribution in [3.8, 4) is 0 Å². The van der Waals surface area contributed by atoms with Gasteiger partial charge in [-0.15, -0.1) is 0 Å². The van der Waals surface area contributed by atoms with E-state index in [1.807, 2.05) is 17.9 Å². The van der Waals surface area contributed by atoms with Crippen molar-refractivity contribution < 1.29 is 9.18 Å². The Hall–Kier alpha value is -1.42. The SMILES string of the molecule is CCC(C)CN1C(=O)C(C)NC1c1cccc(F)c1. The predicted molar refractivity (Wildman–Crippen MR) is 72.9 cm³/mol. The third-order valence-corrected chi connectivity index (χ3v) is 3.74. The molecule has 19 heavy (non-hydrogen) atoms. The van der Waals surface area contributed by atoms with Gasteiger partial charge in [-0.3, -0.25) is 10.1 Å². The van der Waals surface area contributed by atoms with Crippen LogP contribution < -0.4 is 5.32 Å². The van der Waals surface area contributed by atoms with Gasteiger partial charge in [-0.25, -0.2) is 4.39 Å². The molecular formula is C15H21FN2O. The Kier molecular flexibility index (Phi) is 4.20. The lowest BCUT2D eigenvalue weighted by Crippen LogP contribution is -2.34. The molecule has 0 bridgehead atoms. The fraction of sp³-hybridized carbons (Fsp3) is 0.533. The van der Waals surface area contributed by atoms with E-state index in [-0.39, 0.29) is 23.9 Å². The quantitative estimate of drug-likeness (QED) is 0.907. The second-order valence-electron chi connectivity index (χ2n) is 5.35. The fourth-order valence-electron chi connectivity index (χ4n) is 2.39. The Balaban J connectivity index is 2.24. The lowest BCUT2D eigenvalue weighted by atomic mass is 10.1. The number of rotatable bonds is 4. The summed E-state index contributed by atoms with van der Waals surface area (Å²) in [5, 5.41) is 3.24. The van der Waals surface area contributed by atoms with Crippen molar-refractivity contribution in [3.63, 3.8) is 0 Å². The molecule has 0 radical (unpaired) electrons. The van der Waals surface area contributed by atoms with E-state index < -0.39 is 0 Å². The predicted octanol–water partition coefficient (Wildman–Crippen LogP) is 2.69. The molecule has 1 aromatic rings. The van der Waals surface area contributed by atoms with Gasteiger partial charge in [0.15, 0.2) is 0 Å². The molecule has 0 spiro atoms. The third kappa shape index (κ3) is 2.95. The van der Waals surface area contributed by atoms with Crippen LogP contribution in [0, 0.1) is 11.7 Å². The highest BCUT2D eigenvalue weighted by Crippen LogP contribution is 2.27. The number of carbonyl (C=O) groups excluding carboxylic acids is 1. The molecule has 1 aliphatic heterocycles. The maximum Gasteiger partial charge on any atom is 0.241 e. The smallest absolute Gasteiger partial charge is 0.241 e. The topological polar surface area (TPSA) is 32.3 Å². The minimum Gasteiger partial charge on any atom is -0.321 e. The summed E-state index contributed by atoms with van der Waals surface area (Å²) >= 11 is 0. The fourth-order valence-corrected chi connectivity index (χ4v) is 2.39. The molecule has 104 valence electrons. The van der Waals surface area contributed by atoms with Crippen LogP contribution in [0.4, 0.5) is 4.39 Å². The maximum absolute atomic E-state index is 13.3. The number of nitrogens with one attached hydrogen (secondary N) is 1. The molecule has 3 atom stereocenters. The molecule has 0 aromatic heterocycles. The molecule has 1 heterocycles. The van der Waals surface area contributed by atoms with Crippen molar-refractivity contribution >= 4 is 5.91 Å². The Bertz CT molecular complexity index is 463. The van der Waals surface area contributed by atoms with Gasteiger partial charge in [0, 0.05) is 6.54 Å². The van der Waals surface area contributed by atoms with Gasteiger partial charge in [0.05, 0.1) is 6.04 Å². The molecule has 1 saturated heterocycles. The van der Waals surface area contributed by atoms with E-state index in [0.717, 1.165) is 12.0 Å². The molecule has 1 N–H and O–H groups in total. The Morgan fingerprint density at radius 3 is 2.84 bits per heavy atom. The van der Waals surface area contributed by atoms with Crippen LogP contribution in [-0.4, -0.2) is 23.4 Å². The van der Waals surface area contributed by atoms with Gasteiger partial charge in [-0.1, -0.05) is 32.4 Å². The first kappa shape index (κ1) is 14.0. The van der Waals surface area contributed by atoms with Gasteiger partial charge in [0.1, 0.15) is 12.0 Å². The number of nitrogens with zero attached hydrogens (tertiary/aromatic N) is 1. The van der Waals surface area contributed by atoms with Crippen molar-refractivity contribution in [2.24, 2.45) is 5.92 Å². The molecule has 0 aliphatic carbocycles. The highest BCUT2D eigenvalue weighted by molar-refractivity contribution is 5.84. The van der Waals surface area contributed by atoms with Crippen LogP contribution in [0.1, 0.15) is 38.9 Å². The van der Waals surface area contributed by atoms with Crippen LogP contribution >= 0.6 is 0 Å². The number of halogens is 1. The van der Waals surface area contributed by atoms with Gasteiger partial charge in [0.25, 0.3) is 0 Å². The van der Waals surface area contributed by atoms with E-state index >= 15 is 0 Å². The number of hydrogen-bond acceptors (Lipinski definition) is 2. The minimum absolute atomic E-state index is 0.0922. The number of carbonyl (C=O) groups is 1. The van der Waals surface area contributed by atoms with Crippen LogP contribution in [0.3, 0.4) is 0 Å². The van der Waals surface area contributed by atoms with Crippen molar-refractivity contribution in [1.82, 2.24) is 10.2 Å². The maximum atomic E-state index is 13.3. The molecule has 3 nitrogen and oxygen atoms in total. The zero-order chi connectivity index (χ0) is 14.0. The molecule has 2 rings (SSSR count). The highest BCUT2D eigenvalue weighted by Gasteiger charge is 2.37. The van der Waals surface area contributed by atoms with Gasteiger partial charge in [0.2, 0.25) is 5.91 Å². The summed E-state index contributed by atoms with van der Waals surface area (Å²) in [5.41, 5.74) is 0.806. The molecule has 3 unspecified atom stereocenters. The first-order chi connectivity index (χ1) is 9.02. The van der Waals surface area contributed by atoms with Gasteiger partial charge in [-0.2, -0.15) is 0 Å². The lowest BCUT2D eigenvalue weighted by molar-refractivity contribution is -0.130. The zero-order valence-corrected chi connectivity index (χ0v) is 11.7. The van der Waals surface area contributed by atoms with E-state index in [0.29, 0.717) is 12.5 Å². The average molecular weight is 264 g/mol. The van der Waals surface area contributed by atoms with Crippen molar-refractivity contribution in [3.05, 3.63) is 35.6 Å². The van der Waals surface area contributed by atoms with Crippen molar-refractivity contribution in [2.75, 3.05) is 6.54 Å². The molecule has 0 saturated carbocycles. The highest BCUT2D eigenvalue weighted by atomic mass is 19.1. The standard InChI is InChI=1S/C15H21FN2O/c1-4-10(2)9-18-14(17-11(3)15(18)19)12-6-5-7-13(16)8-12/h5-8,10-11,14,17H,4,9H2,1-3H3. The summed E-state index contributed by atoms with van der Waals surface area (Å²) in [6.07, 6.45) is 0.806. The summed E-state index contributed by atoms with van der Waals surface area (Å²) in [6.45, 7) is 6.79. The Labute approximate surface area is 113 Å². The Morgan fingerprint density at radius 1 is 1.47 bits per heavy atom. The van der Waals surface area contributed by atoms with Gasteiger partial charge in [-0.05, 0) is 30.5 Å². The number of benzene rings is 1. The largest absolute Gasteiger partial charge is 0.321 e. The van der Waals surface area contributed by atoms with E-state index in [1.54, 1.807) is 6.07 Å². The van der Waals surface area contributed by atoms with E-state index in [2.05, 4.69) is 19.2 Å². The van der Waals surface area contributed by atoms with Crippen molar-refractivity contribution in [2.45, 2.75) is 39.4 Å². The van der Waals surface area contributed by atoms with Crippen molar-refractivity contribution in [1.29, 1.82) is 0 Å². The number of hydrogen-bond donors (Lipinski definition) is 1. The normalized spacial score (nSPS) is 24.8. The monoisotopic (exact) mass is 264 g/mol. The molecule has 4 heteroatoms.